The van der Waals surface area contributed by atoms with Gasteiger partial charge in [-0.2, -0.15) is 0 Å². The van der Waals surface area contributed by atoms with Crippen LogP contribution < -0.4 is 22.3 Å². The maximum atomic E-state index is 11.9. The van der Waals surface area contributed by atoms with E-state index in [4.69, 9.17) is 11.6 Å². The Labute approximate surface area is 121 Å². The third-order valence-corrected chi connectivity index (χ3v) is 3.04. The molecule has 0 bridgehead atoms. The zero-order valence-corrected chi connectivity index (χ0v) is 12.9. The van der Waals surface area contributed by atoms with Crippen molar-refractivity contribution in [3.8, 4) is 0 Å². The van der Waals surface area contributed by atoms with Gasteiger partial charge >= 0.3 is 0 Å². The van der Waals surface area contributed by atoms with E-state index in [0.717, 1.165) is 6.42 Å². The van der Waals surface area contributed by atoms with Gasteiger partial charge in [-0.1, -0.05) is 34.1 Å². The lowest BCUT2D eigenvalue weighted by Crippen LogP contribution is -2.54. The van der Waals surface area contributed by atoms with Crippen molar-refractivity contribution in [2.24, 2.45) is 23.4 Å². The van der Waals surface area contributed by atoms with E-state index >= 15 is 0 Å². The molecule has 114 valence electrons. The van der Waals surface area contributed by atoms with Crippen LogP contribution in [-0.2, 0) is 9.59 Å². The molecule has 6 nitrogen and oxygen atoms in total. The lowest BCUT2D eigenvalue weighted by molar-refractivity contribution is -0.130. The molecule has 0 saturated heterocycles. The molecule has 0 aliphatic rings. The van der Waals surface area contributed by atoms with Crippen LogP contribution in [0.5, 0.6) is 0 Å². The first-order chi connectivity index (χ1) is 8.33. The Hall–Kier alpha value is -0.850. The maximum Gasteiger partial charge on any atom is 0.256 e. The lowest BCUT2D eigenvalue weighted by atomic mass is 9.98. The van der Waals surface area contributed by atoms with Gasteiger partial charge in [-0.25, -0.2) is 5.84 Å². The van der Waals surface area contributed by atoms with Crippen molar-refractivity contribution < 1.29 is 9.59 Å². The fraction of sp³-hybridized carbons (Fsp3) is 0.833. The molecule has 0 spiro atoms. The first kappa shape index (κ1) is 20.5. The average Bonchev–Trinajstić information content (AvgIpc) is 2.34. The normalized spacial score (nSPS) is 15.1. The fourth-order valence-corrected chi connectivity index (χ4v) is 1.58. The van der Waals surface area contributed by atoms with Gasteiger partial charge in [0.15, 0.2) is 0 Å². The molecule has 0 fully saturated rings. The van der Waals surface area contributed by atoms with Gasteiger partial charge in [0.1, 0.15) is 6.04 Å². The third kappa shape index (κ3) is 7.34. The quantitative estimate of drug-likeness (QED) is 0.307. The zero-order chi connectivity index (χ0) is 14.3. The summed E-state index contributed by atoms with van der Waals surface area (Å²) in [6, 6.07) is -1.23. The molecular formula is C12H27ClN4O2. The second-order valence-electron chi connectivity index (χ2n) is 5.11. The van der Waals surface area contributed by atoms with E-state index in [2.05, 4.69) is 10.7 Å². The van der Waals surface area contributed by atoms with E-state index in [-0.39, 0.29) is 30.2 Å². The Morgan fingerprint density at radius 1 is 1.16 bits per heavy atom. The summed E-state index contributed by atoms with van der Waals surface area (Å²) < 4.78 is 0. The van der Waals surface area contributed by atoms with Gasteiger partial charge in [-0.15, -0.1) is 12.4 Å². The van der Waals surface area contributed by atoms with Crippen molar-refractivity contribution in [3.05, 3.63) is 0 Å². The largest absolute Gasteiger partial charge is 0.343 e. The summed E-state index contributed by atoms with van der Waals surface area (Å²) in [5.74, 6) is 4.75. The third-order valence-electron chi connectivity index (χ3n) is 3.04. The minimum absolute atomic E-state index is 0. The van der Waals surface area contributed by atoms with E-state index in [9.17, 15) is 9.59 Å². The van der Waals surface area contributed by atoms with Gasteiger partial charge < -0.3 is 11.1 Å². The molecule has 0 aliphatic carbocycles. The van der Waals surface area contributed by atoms with Crippen LogP contribution in [0.3, 0.4) is 0 Å². The molecule has 0 radical (unpaired) electrons. The molecule has 0 aromatic carbocycles. The van der Waals surface area contributed by atoms with Gasteiger partial charge in [0.25, 0.3) is 5.91 Å². The van der Waals surface area contributed by atoms with Gasteiger partial charge in [-0.05, 0) is 18.3 Å². The lowest BCUT2D eigenvalue weighted by Gasteiger charge is -2.23. The summed E-state index contributed by atoms with van der Waals surface area (Å²) in [6.45, 7) is 7.82. The molecule has 2 amide bonds. The van der Waals surface area contributed by atoms with Crippen molar-refractivity contribution >= 4 is 24.2 Å². The summed E-state index contributed by atoms with van der Waals surface area (Å²) >= 11 is 0. The predicted molar refractivity (Wildman–Crippen MR) is 78.4 cm³/mol. The van der Waals surface area contributed by atoms with E-state index in [1.165, 1.54) is 0 Å². The summed E-state index contributed by atoms with van der Waals surface area (Å²) in [4.78, 5) is 23.5. The molecular weight excluding hydrogens is 268 g/mol. The number of carbonyl (C=O) groups is 2. The number of halogens is 1. The van der Waals surface area contributed by atoms with E-state index < -0.39 is 18.0 Å². The minimum atomic E-state index is -0.627. The molecule has 3 atom stereocenters. The molecule has 3 unspecified atom stereocenters. The van der Waals surface area contributed by atoms with Crippen LogP contribution in [0.4, 0.5) is 0 Å². The second-order valence-corrected chi connectivity index (χ2v) is 5.11. The average molecular weight is 295 g/mol. The van der Waals surface area contributed by atoms with Crippen molar-refractivity contribution in [2.45, 2.75) is 52.6 Å². The van der Waals surface area contributed by atoms with Gasteiger partial charge in [0.2, 0.25) is 5.91 Å². The number of rotatable bonds is 7. The van der Waals surface area contributed by atoms with Crippen LogP contribution in [0.15, 0.2) is 0 Å². The Morgan fingerprint density at radius 3 is 2.05 bits per heavy atom. The monoisotopic (exact) mass is 294 g/mol. The molecule has 0 heterocycles. The standard InChI is InChI=1S/C12H26N4O2.ClH/c1-5-8(4)10(13)12(18)15-9(6-7(2)3)11(17)16-14;/h7-10H,5-6,13-14H2,1-4H3,(H,15,18)(H,16,17);1H. The number of carbonyl (C=O) groups excluding carboxylic acids is 2. The zero-order valence-electron chi connectivity index (χ0n) is 12.1. The van der Waals surface area contributed by atoms with Crippen molar-refractivity contribution in [3.63, 3.8) is 0 Å². The topological polar surface area (TPSA) is 110 Å². The van der Waals surface area contributed by atoms with Gasteiger partial charge in [0, 0.05) is 0 Å². The molecule has 19 heavy (non-hydrogen) atoms. The number of nitrogens with two attached hydrogens (primary N) is 2. The minimum Gasteiger partial charge on any atom is -0.343 e. The predicted octanol–water partition coefficient (Wildman–Crippen LogP) is 0.302. The summed E-state index contributed by atoms with van der Waals surface area (Å²) in [5.41, 5.74) is 7.88. The molecule has 0 aromatic rings. The van der Waals surface area contributed by atoms with Crippen LogP contribution in [0, 0.1) is 11.8 Å². The Morgan fingerprint density at radius 2 is 1.68 bits per heavy atom. The maximum absolute atomic E-state index is 11.9. The highest BCUT2D eigenvalue weighted by Crippen LogP contribution is 2.08. The Bertz CT molecular complexity index is 287. The number of nitrogens with one attached hydrogen (secondary N) is 2. The molecule has 7 heteroatoms. The molecule has 6 N–H and O–H groups in total. The highest BCUT2D eigenvalue weighted by Gasteiger charge is 2.26. The van der Waals surface area contributed by atoms with Gasteiger partial charge in [-0.3, -0.25) is 15.0 Å². The van der Waals surface area contributed by atoms with Crippen molar-refractivity contribution in [1.82, 2.24) is 10.7 Å². The highest BCUT2D eigenvalue weighted by molar-refractivity contribution is 5.89. The molecule has 0 saturated carbocycles. The number of hydrogen-bond acceptors (Lipinski definition) is 4. The number of hydrogen-bond donors (Lipinski definition) is 4. The molecule has 0 aliphatic heterocycles. The van der Waals surface area contributed by atoms with Crippen LogP contribution in [0.1, 0.15) is 40.5 Å². The Balaban J connectivity index is 0. The van der Waals surface area contributed by atoms with Crippen LogP contribution in [0.25, 0.3) is 0 Å². The second kappa shape index (κ2) is 10.00. The summed E-state index contributed by atoms with van der Waals surface area (Å²) in [5, 5.41) is 2.66. The van der Waals surface area contributed by atoms with Crippen LogP contribution >= 0.6 is 12.4 Å². The SMILES string of the molecule is CCC(C)C(N)C(=O)NC(CC(C)C)C(=O)NN.Cl. The summed E-state index contributed by atoms with van der Waals surface area (Å²) in [7, 11) is 0. The smallest absolute Gasteiger partial charge is 0.256 e. The van der Waals surface area contributed by atoms with E-state index in [1.807, 2.05) is 27.7 Å². The first-order valence-electron chi connectivity index (χ1n) is 6.39. The first-order valence-corrected chi connectivity index (χ1v) is 6.39. The van der Waals surface area contributed by atoms with Crippen molar-refractivity contribution in [1.29, 1.82) is 0 Å². The molecule has 0 rings (SSSR count). The van der Waals surface area contributed by atoms with Crippen molar-refractivity contribution in [2.75, 3.05) is 0 Å². The van der Waals surface area contributed by atoms with Crippen LogP contribution in [-0.4, -0.2) is 23.9 Å². The van der Waals surface area contributed by atoms with E-state index in [0.29, 0.717) is 6.42 Å². The van der Waals surface area contributed by atoms with E-state index in [1.54, 1.807) is 0 Å². The number of hydrazine groups is 1. The van der Waals surface area contributed by atoms with Crippen LogP contribution in [0.2, 0.25) is 0 Å². The highest BCUT2D eigenvalue weighted by atomic mass is 35.5. The fourth-order valence-electron chi connectivity index (χ4n) is 1.58. The Kier molecular flexibility index (Phi) is 10.8. The molecule has 0 aromatic heterocycles. The summed E-state index contributed by atoms with van der Waals surface area (Å²) in [6.07, 6.45) is 1.34. The van der Waals surface area contributed by atoms with Gasteiger partial charge in [0.05, 0.1) is 6.04 Å². The number of amides is 2.